The summed E-state index contributed by atoms with van der Waals surface area (Å²) in [6, 6.07) is 10.9. The molecule has 1 aromatic heterocycles. The molecule has 1 atom stereocenters. The Morgan fingerprint density at radius 3 is 2.60 bits per heavy atom. The Bertz CT molecular complexity index is 521. The largest absolute Gasteiger partial charge is 0.205 e. The molecule has 0 N–H and O–H groups in total. The van der Waals surface area contributed by atoms with E-state index < -0.39 is 0 Å². The second-order valence-electron chi connectivity index (χ2n) is 4.76. The lowest BCUT2D eigenvalue weighted by Gasteiger charge is -2.01. The van der Waals surface area contributed by atoms with Crippen LogP contribution in [0.4, 0.5) is 0 Å². The smallest absolute Gasteiger partial charge is 0.176 e. The van der Waals surface area contributed by atoms with Gasteiger partial charge in [0.1, 0.15) is 7.05 Å². The van der Waals surface area contributed by atoms with E-state index in [1.165, 1.54) is 22.8 Å². The lowest BCUT2D eigenvalue weighted by atomic mass is 9.70. The molecule has 2 heterocycles. The third-order valence-corrected chi connectivity index (χ3v) is 3.53. The summed E-state index contributed by atoms with van der Waals surface area (Å²) in [4.78, 5) is 0. The Morgan fingerprint density at radius 1 is 1.27 bits per heavy atom. The Morgan fingerprint density at radius 2 is 1.93 bits per heavy atom. The summed E-state index contributed by atoms with van der Waals surface area (Å²) in [5.41, 5.74) is 1.49. The Labute approximate surface area is 90.8 Å². The Kier molecular flexibility index (Phi) is 1.85. The first-order chi connectivity index (χ1) is 7.25. The van der Waals surface area contributed by atoms with Crippen molar-refractivity contribution in [3.8, 4) is 0 Å². The van der Waals surface area contributed by atoms with Gasteiger partial charge >= 0.3 is 0 Å². The number of hydrogen-bond donors (Lipinski definition) is 0. The van der Waals surface area contributed by atoms with Crippen LogP contribution in [0.1, 0.15) is 11.5 Å². The van der Waals surface area contributed by atoms with E-state index in [2.05, 4.69) is 55.0 Å². The second kappa shape index (κ2) is 3.09. The number of fused-ring (bicyclic) bond motifs is 1. The summed E-state index contributed by atoms with van der Waals surface area (Å²) in [6.07, 6.45) is 3.60. The minimum atomic E-state index is 0.791. The number of rotatable bonds is 1. The quantitative estimate of drug-likeness (QED) is 0.487. The molecule has 0 spiro atoms. The highest BCUT2D eigenvalue weighted by Crippen LogP contribution is 2.39. The number of hydrogen-bond acceptors (Lipinski definition) is 0. The zero-order chi connectivity index (χ0) is 10.4. The third-order valence-electron chi connectivity index (χ3n) is 3.53. The van der Waals surface area contributed by atoms with Gasteiger partial charge in [-0.15, -0.1) is 0 Å². The molecule has 74 valence electrons. The van der Waals surface area contributed by atoms with Crippen LogP contribution >= 0.6 is 0 Å². The first-order valence-electron chi connectivity index (χ1n) is 5.64. The molecule has 1 aliphatic heterocycles. The van der Waals surface area contributed by atoms with Crippen molar-refractivity contribution in [1.82, 2.24) is 0 Å². The topological polar surface area (TPSA) is 3.88 Å². The fourth-order valence-corrected chi connectivity index (χ4v) is 2.41. The maximum Gasteiger partial charge on any atom is 0.176 e. The van der Waals surface area contributed by atoms with Gasteiger partial charge in [-0.05, 0) is 11.5 Å². The van der Waals surface area contributed by atoms with Crippen LogP contribution in [0.3, 0.4) is 0 Å². The van der Waals surface area contributed by atoms with Crippen molar-refractivity contribution in [1.29, 1.82) is 0 Å². The summed E-state index contributed by atoms with van der Waals surface area (Å²) >= 11 is 0. The molecule has 1 aliphatic rings. The van der Waals surface area contributed by atoms with Gasteiger partial charge < -0.3 is 0 Å². The first-order valence-corrected chi connectivity index (χ1v) is 5.64. The number of nitrogens with zero attached hydrogens (tertiary/aromatic N) is 1. The van der Waals surface area contributed by atoms with Crippen molar-refractivity contribution in [3.05, 3.63) is 42.2 Å². The van der Waals surface area contributed by atoms with Crippen LogP contribution in [0.2, 0.25) is 13.1 Å². The average molecular weight is 196 g/mol. The molecule has 1 aromatic carbocycles. The van der Waals surface area contributed by atoms with Gasteiger partial charge in [-0.2, -0.15) is 0 Å². The van der Waals surface area contributed by atoms with Crippen LogP contribution in [0, 0.1) is 0 Å². The molecule has 2 heteroatoms. The van der Waals surface area contributed by atoms with E-state index in [9.17, 15) is 0 Å². The van der Waals surface area contributed by atoms with Crippen molar-refractivity contribution in [3.63, 3.8) is 0 Å². The molecular weight excluding hydrogens is 181 g/mol. The monoisotopic (exact) mass is 196 g/mol. The molecule has 3 rings (SSSR count). The third kappa shape index (κ3) is 1.45. The van der Waals surface area contributed by atoms with Crippen molar-refractivity contribution in [2.45, 2.75) is 19.0 Å². The summed E-state index contributed by atoms with van der Waals surface area (Å²) in [5, 5.41) is 2.70. The van der Waals surface area contributed by atoms with E-state index >= 15 is 0 Å². The van der Waals surface area contributed by atoms with Gasteiger partial charge in [0.05, 0.1) is 0 Å². The van der Waals surface area contributed by atoms with Crippen LogP contribution in [0.25, 0.3) is 10.8 Å². The highest BCUT2D eigenvalue weighted by molar-refractivity contribution is 6.70. The minimum absolute atomic E-state index is 0.791. The molecule has 1 nitrogen and oxygen atoms in total. The predicted octanol–water partition coefficient (Wildman–Crippen LogP) is 2.43. The lowest BCUT2D eigenvalue weighted by Crippen LogP contribution is -2.33. The second-order valence-corrected chi connectivity index (χ2v) is 4.76. The molecule has 1 fully saturated rings. The summed E-state index contributed by atoms with van der Waals surface area (Å²) in [6.45, 7) is 3.21. The van der Waals surface area contributed by atoms with Crippen LogP contribution in [-0.2, 0) is 7.05 Å². The summed E-state index contributed by atoms with van der Waals surface area (Å²) in [7, 11) is 2.16. The molecule has 0 saturated carbocycles. The predicted molar refractivity (Wildman–Crippen MR) is 64.3 cm³/mol. The molecule has 1 saturated heterocycles. The van der Waals surface area contributed by atoms with Crippen molar-refractivity contribution in [2.75, 3.05) is 0 Å². The minimum Gasteiger partial charge on any atom is -0.205 e. The fraction of sp³-hybridized carbons (Fsp3) is 0.308. The van der Waals surface area contributed by atoms with Gasteiger partial charge in [0, 0.05) is 17.3 Å². The molecule has 1 unspecified atom stereocenters. The molecular formula is C13H15BN+. The van der Waals surface area contributed by atoms with Gasteiger partial charge in [-0.1, -0.05) is 31.3 Å². The molecule has 0 radical (unpaired) electrons. The van der Waals surface area contributed by atoms with Gasteiger partial charge in [0.15, 0.2) is 18.6 Å². The molecule has 15 heavy (non-hydrogen) atoms. The van der Waals surface area contributed by atoms with Crippen molar-refractivity contribution in [2.24, 2.45) is 7.05 Å². The van der Waals surface area contributed by atoms with E-state index in [1.54, 1.807) is 0 Å². The van der Waals surface area contributed by atoms with E-state index in [4.69, 9.17) is 0 Å². The van der Waals surface area contributed by atoms with E-state index in [-0.39, 0.29) is 0 Å². The lowest BCUT2D eigenvalue weighted by molar-refractivity contribution is -0.677. The SMILES string of the molecule is CB1CC1c1cc2ccccc2c[n+]1C. The van der Waals surface area contributed by atoms with Crippen LogP contribution in [0.15, 0.2) is 36.5 Å². The van der Waals surface area contributed by atoms with Crippen LogP contribution in [-0.4, -0.2) is 6.71 Å². The van der Waals surface area contributed by atoms with Gasteiger partial charge in [0.2, 0.25) is 0 Å². The van der Waals surface area contributed by atoms with E-state index in [0.717, 1.165) is 12.5 Å². The zero-order valence-corrected chi connectivity index (χ0v) is 9.27. The number of aryl methyl sites for hydroxylation is 1. The maximum atomic E-state index is 2.35. The number of benzene rings is 1. The standard InChI is InChI=1S/C13H15BN/c1-14-8-12(14)13-7-10-5-3-4-6-11(10)9-15(13)2/h3-7,9,12H,8H2,1-2H3/q+1. The van der Waals surface area contributed by atoms with Gasteiger partial charge in [-0.3, -0.25) is 0 Å². The Hall–Kier alpha value is -1.31. The normalized spacial score (nSPS) is 19.6. The highest BCUT2D eigenvalue weighted by Gasteiger charge is 2.42. The molecule has 0 amide bonds. The number of pyridine rings is 1. The first kappa shape index (κ1) is 8.96. The van der Waals surface area contributed by atoms with Crippen molar-refractivity contribution >= 4 is 17.5 Å². The highest BCUT2D eigenvalue weighted by atomic mass is 14.9. The Balaban J connectivity index is 2.19. The molecule has 0 bridgehead atoms. The van der Waals surface area contributed by atoms with Crippen LogP contribution < -0.4 is 4.57 Å². The summed E-state index contributed by atoms with van der Waals surface area (Å²) in [5.74, 6) is 0.791. The van der Waals surface area contributed by atoms with Crippen LogP contribution in [0.5, 0.6) is 0 Å². The maximum absolute atomic E-state index is 2.35. The molecule has 0 aliphatic carbocycles. The molecule has 2 aromatic rings. The van der Waals surface area contributed by atoms with E-state index in [1.807, 2.05) is 0 Å². The van der Waals surface area contributed by atoms with E-state index in [0.29, 0.717) is 0 Å². The zero-order valence-electron chi connectivity index (χ0n) is 9.27. The van der Waals surface area contributed by atoms with Gasteiger partial charge in [0.25, 0.3) is 0 Å². The number of aromatic nitrogens is 1. The average Bonchev–Trinajstić information content (AvgIpc) is 2.94. The fourth-order valence-electron chi connectivity index (χ4n) is 2.41. The van der Waals surface area contributed by atoms with Gasteiger partial charge in [-0.25, -0.2) is 4.57 Å². The summed E-state index contributed by atoms with van der Waals surface area (Å²) < 4.78 is 2.29. The van der Waals surface area contributed by atoms with Crippen molar-refractivity contribution < 1.29 is 4.57 Å².